The minimum absolute atomic E-state index is 0.0964. The van der Waals surface area contributed by atoms with Gasteiger partial charge in [-0.25, -0.2) is 5.01 Å². The Morgan fingerprint density at radius 3 is 2.48 bits per heavy atom. The lowest BCUT2D eigenvalue weighted by Crippen LogP contribution is -2.33. The average Bonchev–Trinajstić information content (AvgIpc) is 3.30. The Bertz CT molecular complexity index is 1160. The summed E-state index contributed by atoms with van der Waals surface area (Å²) in [6, 6.07) is 22.4. The second-order valence-electron chi connectivity index (χ2n) is 7.96. The molecule has 2 atom stereocenters. The first kappa shape index (κ1) is 21.2. The number of rotatable bonds is 7. The van der Waals surface area contributed by atoms with Gasteiger partial charge in [-0.05, 0) is 67.9 Å². The third-order valence-electron chi connectivity index (χ3n) is 5.97. The van der Waals surface area contributed by atoms with Crippen molar-refractivity contribution in [3.63, 3.8) is 0 Å². The summed E-state index contributed by atoms with van der Waals surface area (Å²) in [6.45, 7) is 5.17. The van der Waals surface area contributed by atoms with E-state index in [-0.39, 0.29) is 12.3 Å². The van der Waals surface area contributed by atoms with E-state index in [4.69, 9.17) is 24.0 Å². The van der Waals surface area contributed by atoms with Crippen LogP contribution in [0.4, 0.5) is 0 Å². The summed E-state index contributed by atoms with van der Waals surface area (Å²) in [4.78, 5) is 0. The summed E-state index contributed by atoms with van der Waals surface area (Å²) in [6.07, 6.45) is 0.439. The average molecular weight is 445 g/mol. The van der Waals surface area contributed by atoms with Crippen LogP contribution >= 0.6 is 0 Å². The van der Waals surface area contributed by atoms with Crippen LogP contribution in [-0.4, -0.2) is 31.0 Å². The predicted molar refractivity (Wildman–Crippen MR) is 127 cm³/mol. The summed E-state index contributed by atoms with van der Waals surface area (Å²) in [5.41, 5.74) is 4.24. The fourth-order valence-electron chi connectivity index (χ4n) is 4.45. The fraction of sp³-hybridized carbons (Fsp3) is 0.296. The minimum atomic E-state index is -0.366. The van der Waals surface area contributed by atoms with Gasteiger partial charge in [-0.1, -0.05) is 18.2 Å². The van der Waals surface area contributed by atoms with E-state index in [0.717, 1.165) is 46.1 Å². The first-order valence-corrected chi connectivity index (χ1v) is 11.4. The lowest BCUT2D eigenvalue weighted by atomic mass is 9.96. The Morgan fingerprint density at radius 2 is 1.73 bits per heavy atom. The first-order chi connectivity index (χ1) is 16.2. The molecule has 0 aromatic heterocycles. The van der Waals surface area contributed by atoms with Crippen molar-refractivity contribution in [3.8, 4) is 23.0 Å². The Morgan fingerprint density at radius 1 is 0.939 bits per heavy atom. The molecule has 0 saturated heterocycles. The molecule has 0 N–H and O–H groups in total. The Balaban J connectivity index is 1.52. The lowest BCUT2D eigenvalue weighted by molar-refractivity contribution is -0.0191. The van der Waals surface area contributed by atoms with E-state index in [1.807, 2.05) is 56.3 Å². The number of hydrogen-bond donors (Lipinski definition) is 0. The maximum Gasteiger partial charge on any atom is 0.214 e. The molecule has 2 aliphatic heterocycles. The quantitative estimate of drug-likeness (QED) is 0.465. The number of nitrogens with zero attached hydrogens (tertiary/aromatic N) is 2. The van der Waals surface area contributed by atoms with E-state index in [0.29, 0.717) is 19.0 Å². The summed E-state index contributed by atoms with van der Waals surface area (Å²) < 4.78 is 23.3. The zero-order valence-electron chi connectivity index (χ0n) is 19.2. The lowest BCUT2D eigenvalue weighted by Gasteiger charge is -2.38. The molecule has 6 heteroatoms. The van der Waals surface area contributed by atoms with Crippen LogP contribution in [0.25, 0.3) is 0 Å². The van der Waals surface area contributed by atoms with Crippen LogP contribution in [-0.2, 0) is 0 Å². The molecule has 6 nitrogen and oxygen atoms in total. The highest BCUT2D eigenvalue weighted by Gasteiger charge is 2.41. The molecular formula is C27H28N2O4. The number of hydrogen-bond acceptors (Lipinski definition) is 6. The van der Waals surface area contributed by atoms with Gasteiger partial charge in [0.25, 0.3) is 0 Å². The van der Waals surface area contributed by atoms with Crippen LogP contribution in [0.2, 0.25) is 0 Å². The number of benzene rings is 3. The zero-order chi connectivity index (χ0) is 22.8. The Hall–Kier alpha value is -3.67. The normalized spacial score (nSPS) is 18.6. The molecule has 5 rings (SSSR count). The van der Waals surface area contributed by atoms with Crippen molar-refractivity contribution in [3.05, 3.63) is 83.4 Å². The van der Waals surface area contributed by atoms with Crippen LogP contribution in [0.15, 0.2) is 71.8 Å². The van der Waals surface area contributed by atoms with E-state index in [1.165, 1.54) is 0 Å². The van der Waals surface area contributed by atoms with Crippen LogP contribution in [0.3, 0.4) is 0 Å². The molecule has 0 aliphatic carbocycles. The Kier molecular flexibility index (Phi) is 5.82. The van der Waals surface area contributed by atoms with Gasteiger partial charge in [0.2, 0.25) is 6.23 Å². The van der Waals surface area contributed by atoms with E-state index < -0.39 is 0 Å². The van der Waals surface area contributed by atoms with Gasteiger partial charge in [0.05, 0.1) is 32.1 Å². The molecule has 0 spiro atoms. The molecule has 2 heterocycles. The van der Waals surface area contributed by atoms with Gasteiger partial charge in [-0.15, -0.1) is 0 Å². The number of methoxy groups -OCH3 is 1. The second kappa shape index (κ2) is 9.06. The SMILES string of the molecule is CCOc1ccc(C2=NN3[C@@H](c4ccc(OCC)c(OC)c4)Oc4ccccc4[C@@H]3C2)cc1. The molecule has 2 aliphatic rings. The molecule has 0 radical (unpaired) electrons. The van der Waals surface area contributed by atoms with Gasteiger partial charge in [-0.3, -0.25) is 0 Å². The van der Waals surface area contributed by atoms with Crippen LogP contribution in [0.1, 0.15) is 49.2 Å². The van der Waals surface area contributed by atoms with Gasteiger partial charge in [0.1, 0.15) is 11.5 Å². The number of ether oxygens (including phenoxy) is 4. The topological polar surface area (TPSA) is 52.5 Å². The van der Waals surface area contributed by atoms with Gasteiger partial charge < -0.3 is 18.9 Å². The number of hydrazone groups is 1. The molecule has 3 aromatic rings. The molecule has 0 bridgehead atoms. The Labute approximate surface area is 194 Å². The van der Waals surface area contributed by atoms with Crippen molar-refractivity contribution in [1.29, 1.82) is 0 Å². The van der Waals surface area contributed by atoms with E-state index >= 15 is 0 Å². The zero-order valence-corrected chi connectivity index (χ0v) is 19.2. The van der Waals surface area contributed by atoms with Crippen LogP contribution in [0, 0.1) is 0 Å². The summed E-state index contributed by atoms with van der Waals surface area (Å²) >= 11 is 0. The van der Waals surface area contributed by atoms with Crippen molar-refractivity contribution in [1.82, 2.24) is 5.01 Å². The summed E-state index contributed by atoms with van der Waals surface area (Å²) in [5, 5.41) is 7.11. The number of fused-ring (bicyclic) bond motifs is 3. The second-order valence-corrected chi connectivity index (χ2v) is 7.96. The van der Waals surface area contributed by atoms with E-state index in [1.54, 1.807) is 7.11 Å². The van der Waals surface area contributed by atoms with Crippen molar-refractivity contribution in [2.75, 3.05) is 20.3 Å². The minimum Gasteiger partial charge on any atom is -0.494 e. The first-order valence-electron chi connectivity index (χ1n) is 11.4. The molecule has 0 amide bonds. The summed E-state index contributed by atoms with van der Waals surface area (Å²) in [5.74, 6) is 3.16. The maximum absolute atomic E-state index is 6.47. The maximum atomic E-state index is 6.47. The van der Waals surface area contributed by atoms with Crippen molar-refractivity contribution < 1.29 is 18.9 Å². The third kappa shape index (κ3) is 3.97. The highest BCUT2D eigenvalue weighted by atomic mass is 16.5. The van der Waals surface area contributed by atoms with E-state index in [2.05, 4.69) is 29.3 Å². The molecular weight excluding hydrogens is 416 g/mol. The predicted octanol–water partition coefficient (Wildman–Crippen LogP) is 5.73. The largest absolute Gasteiger partial charge is 0.494 e. The van der Waals surface area contributed by atoms with Crippen molar-refractivity contribution >= 4 is 5.71 Å². The molecule has 3 aromatic carbocycles. The molecule has 170 valence electrons. The van der Waals surface area contributed by atoms with Gasteiger partial charge >= 0.3 is 0 Å². The van der Waals surface area contributed by atoms with E-state index in [9.17, 15) is 0 Å². The highest BCUT2D eigenvalue weighted by molar-refractivity contribution is 6.02. The van der Waals surface area contributed by atoms with Crippen LogP contribution in [0.5, 0.6) is 23.0 Å². The third-order valence-corrected chi connectivity index (χ3v) is 5.97. The van der Waals surface area contributed by atoms with Gasteiger partial charge in [0.15, 0.2) is 11.5 Å². The number of para-hydroxylation sites is 1. The van der Waals surface area contributed by atoms with Crippen molar-refractivity contribution in [2.45, 2.75) is 32.5 Å². The standard InChI is InChI=1S/C27H28N2O4/c1-4-31-20-13-10-18(11-14-20)22-17-23-21-8-6-7-9-24(21)33-27(29(23)28-22)19-12-15-25(32-5-2)26(16-19)30-3/h6-16,23,27H,4-5,17H2,1-3H3/t23-,27+/m0/s1. The highest BCUT2D eigenvalue weighted by Crippen LogP contribution is 2.48. The van der Waals surface area contributed by atoms with Gasteiger partial charge in [0, 0.05) is 17.5 Å². The van der Waals surface area contributed by atoms with Crippen LogP contribution < -0.4 is 18.9 Å². The molecule has 33 heavy (non-hydrogen) atoms. The molecule has 0 saturated carbocycles. The fourth-order valence-corrected chi connectivity index (χ4v) is 4.45. The molecule has 0 fully saturated rings. The van der Waals surface area contributed by atoms with Crippen molar-refractivity contribution in [2.24, 2.45) is 5.10 Å². The smallest absolute Gasteiger partial charge is 0.214 e. The monoisotopic (exact) mass is 444 g/mol. The van der Waals surface area contributed by atoms with Gasteiger partial charge in [-0.2, -0.15) is 5.10 Å². The summed E-state index contributed by atoms with van der Waals surface area (Å²) in [7, 11) is 1.65. The molecule has 0 unspecified atom stereocenters.